The molecule has 0 radical (unpaired) electrons. The number of quaternary nitrogens is 2. The molecule has 1 aromatic carbocycles. The largest absolute Gasteiger partial charge is 0.595 e. The number of hydrazone groups is 1. The third kappa shape index (κ3) is 6.48. The molecule has 1 aromatic rings. The highest BCUT2D eigenvalue weighted by Crippen LogP contribution is 2.20. The molecule has 8 heteroatoms. The smallest absolute Gasteiger partial charge is 0.195 e. The van der Waals surface area contributed by atoms with E-state index in [9.17, 15) is 10.4 Å². The lowest BCUT2D eigenvalue weighted by Gasteiger charge is -2.17. The molecule has 0 bridgehead atoms. The Balaban J connectivity index is 2.51. The molecule has 2 unspecified atom stereocenters. The molecule has 8 nitrogen and oxygen atoms in total. The van der Waals surface area contributed by atoms with Crippen LogP contribution in [0.25, 0.3) is 0 Å². The van der Waals surface area contributed by atoms with Gasteiger partial charge in [-0.1, -0.05) is 32.6 Å². The zero-order valence-electron chi connectivity index (χ0n) is 12.7. The maximum absolute atomic E-state index is 11.1. The van der Waals surface area contributed by atoms with Gasteiger partial charge in [-0.25, -0.2) is 10.4 Å². The van der Waals surface area contributed by atoms with E-state index in [1.807, 2.05) is 0 Å². The Morgan fingerprint density at radius 1 is 1.14 bits per heavy atom. The molecule has 124 valence electrons. The molecule has 5 N–H and O–H groups in total. The average Bonchev–Trinajstić information content (AvgIpc) is 2.49. The first-order valence-electron chi connectivity index (χ1n) is 7.44. The van der Waals surface area contributed by atoms with Crippen LogP contribution in [0.15, 0.2) is 23.3 Å². The Morgan fingerprint density at radius 3 is 2.50 bits per heavy atom. The summed E-state index contributed by atoms with van der Waals surface area (Å²) in [6.45, 7) is 2.17. The number of hydrogen-bond acceptors (Lipinski definition) is 6. The van der Waals surface area contributed by atoms with Crippen molar-refractivity contribution in [3.05, 3.63) is 28.6 Å². The number of benzene rings is 1. The minimum absolute atomic E-state index is 0.0668. The minimum atomic E-state index is -1.19. The molecule has 0 fully saturated rings. The van der Waals surface area contributed by atoms with Gasteiger partial charge in [-0.2, -0.15) is 15.6 Å². The van der Waals surface area contributed by atoms with Gasteiger partial charge in [0, 0.05) is 12.3 Å². The molecule has 0 saturated heterocycles. The van der Waals surface area contributed by atoms with Crippen LogP contribution in [0.3, 0.4) is 0 Å². The highest BCUT2D eigenvalue weighted by molar-refractivity contribution is 5.67. The number of hydrogen-bond donors (Lipinski definition) is 5. The molecular weight excluding hydrogens is 288 g/mol. The van der Waals surface area contributed by atoms with E-state index in [1.165, 1.54) is 31.4 Å². The van der Waals surface area contributed by atoms with Crippen molar-refractivity contribution < 1.29 is 20.9 Å². The monoisotopic (exact) mass is 312 g/mol. The van der Waals surface area contributed by atoms with Gasteiger partial charge in [-0.15, -0.1) is 0 Å². The predicted octanol–water partition coefficient (Wildman–Crippen LogP) is 1.25. The molecule has 1 rings (SSSR count). The summed E-state index contributed by atoms with van der Waals surface area (Å²) in [5, 5.41) is 41.6. The number of unbranched alkanes of at least 4 members (excludes halogenated alkanes) is 5. The van der Waals surface area contributed by atoms with Crippen molar-refractivity contribution in [1.82, 2.24) is 0 Å². The van der Waals surface area contributed by atoms with Gasteiger partial charge in [-0.3, -0.25) is 5.43 Å². The van der Waals surface area contributed by atoms with Crippen LogP contribution in [0, 0.1) is 10.4 Å². The number of nitrogens with zero attached hydrogens (tertiary/aromatic N) is 1. The molecule has 2 atom stereocenters. The quantitative estimate of drug-likeness (QED) is 0.253. The molecule has 22 heavy (non-hydrogen) atoms. The van der Waals surface area contributed by atoms with E-state index < -0.39 is 10.5 Å². The van der Waals surface area contributed by atoms with Gasteiger partial charge in [0.1, 0.15) is 5.69 Å². The molecule has 0 spiro atoms. The summed E-state index contributed by atoms with van der Waals surface area (Å²) in [6.07, 6.45) is 8.42. The maximum Gasteiger partial charge on any atom is 0.195 e. The summed E-state index contributed by atoms with van der Waals surface area (Å²) in [7, 11) is 0. The SMILES string of the molecule is CCCCCCCC=NNc1ccc([NH+]([O-])O)cc1[NH+]([O-])O. The fourth-order valence-electron chi connectivity index (χ4n) is 1.97. The Labute approximate surface area is 129 Å². The lowest BCUT2D eigenvalue weighted by molar-refractivity contribution is -0.996. The van der Waals surface area contributed by atoms with E-state index >= 15 is 0 Å². The van der Waals surface area contributed by atoms with Crippen LogP contribution in [0.5, 0.6) is 0 Å². The van der Waals surface area contributed by atoms with E-state index in [4.69, 9.17) is 10.4 Å². The van der Waals surface area contributed by atoms with Crippen molar-refractivity contribution >= 4 is 23.3 Å². The van der Waals surface area contributed by atoms with Gasteiger partial charge in [0.25, 0.3) is 0 Å². The molecule has 0 heterocycles. The van der Waals surface area contributed by atoms with Crippen molar-refractivity contribution in [1.29, 1.82) is 0 Å². The number of anilines is 1. The Hall–Kier alpha value is -1.55. The van der Waals surface area contributed by atoms with E-state index in [0.717, 1.165) is 25.3 Å². The predicted molar refractivity (Wildman–Crippen MR) is 83.5 cm³/mol. The van der Waals surface area contributed by atoms with E-state index in [-0.39, 0.29) is 17.1 Å². The highest BCUT2D eigenvalue weighted by atomic mass is 16.8. The van der Waals surface area contributed by atoms with Gasteiger partial charge in [0.2, 0.25) is 0 Å². The average molecular weight is 312 g/mol. The van der Waals surface area contributed by atoms with Crippen LogP contribution < -0.4 is 15.9 Å². The maximum atomic E-state index is 11.1. The number of rotatable bonds is 10. The molecule has 0 aliphatic carbocycles. The van der Waals surface area contributed by atoms with Gasteiger partial charge in [0.15, 0.2) is 11.4 Å². The Bertz CT molecular complexity index is 466. The summed E-state index contributed by atoms with van der Waals surface area (Å²) in [4.78, 5) is 0. The molecule has 0 aromatic heterocycles. The second-order valence-electron chi connectivity index (χ2n) is 5.00. The number of nitrogens with one attached hydrogen (secondary N) is 3. The van der Waals surface area contributed by atoms with Crippen LogP contribution in [-0.2, 0) is 0 Å². The van der Waals surface area contributed by atoms with Gasteiger partial charge in [-0.05, 0) is 18.9 Å². The second kappa shape index (κ2) is 10.2. The third-order valence-electron chi connectivity index (χ3n) is 3.21. The molecule has 0 aliphatic heterocycles. The summed E-state index contributed by atoms with van der Waals surface area (Å²) in [5.41, 5.74) is 2.76. The van der Waals surface area contributed by atoms with Crippen LogP contribution in [0.1, 0.15) is 45.4 Å². The van der Waals surface area contributed by atoms with E-state index in [1.54, 1.807) is 6.21 Å². The normalized spacial score (nSPS) is 14.2. The summed E-state index contributed by atoms with van der Waals surface area (Å²) in [5.74, 6) is 0. The van der Waals surface area contributed by atoms with Crippen molar-refractivity contribution in [3.63, 3.8) is 0 Å². The first-order chi connectivity index (χ1) is 10.6. The lowest BCUT2D eigenvalue weighted by atomic mass is 10.1. The first-order valence-corrected chi connectivity index (χ1v) is 7.44. The summed E-state index contributed by atoms with van der Waals surface area (Å²) < 4.78 is 0. The van der Waals surface area contributed by atoms with Crippen LogP contribution in [0.4, 0.5) is 17.1 Å². The molecule has 0 amide bonds. The van der Waals surface area contributed by atoms with E-state index in [0.29, 0.717) is 0 Å². The van der Waals surface area contributed by atoms with Gasteiger partial charge >= 0.3 is 0 Å². The van der Waals surface area contributed by atoms with Crippen LogP contribution in [0.2, 0.25) is 0 Å². The lowest BCUT2D eigenvalue weighted by Crippen LogP contribution is -3.00. The summed E-state index contributed by atoms with van der Waals surface area (Å²) in [6, 6.07) is 3.87. The fraction of sp³-hybridized carbons (Fsp3) is 0.500. The third-order valence-corrected chi connectivity index (χ3v) is 3.21. The standard InChI is InChI=1S/C14H24N4O4/c1-2-3-4-5-6-7-10-15-16-13-9-8-12(17(19)20)11-14(13)18(21)22/h8-11,16-19,21H,2-7H2,1H3. The molecule has 0 saturated carbocycles. The minimum Gasteiger partial charge on any atom is -0.595 e. The van der Waals surface area contributed by atoms with Gasteiger partial charge in [0.05, 0.1) is 6.07 Å². The Morgan fingerprint density at radius 2 is 1.86 bits per heavy atom. The Kier molecular flexibility index (Phi) is 8.60. The van der Waals surface area contributed by atoms with Crippen molar-refractivity contribution in [2.75, 3.05) is 5.43 Å². The van der Waals surface area contributed by atoms with Crippen molar-refractivity contribution in [2.24, 2.45) is 5.10 Å². The summed E-state index contributed by atoms with van der Waals surface area (Å²) >= 11 is 0. The first kappa shape index (κ1) is 18.5. The zero-order chi connectivity index (χ0) is 16.4. The van der Waals surface area contributed by atoms with Crippen LogP contribution in [-0.4, -0.2) is 16.6 Å². The zero-order valence-corrected chi connectivity index (χ0v) is 12.7. The van der Waals surface area contributed by atoms with Crippen LogP contribution >= 0.6 is 0 Å². The fourth-order valence-corrected chi connectivity index (χ4v) is 1.97. The van der Waals surface area contributed by atoms with Crippen molar-refractivity contribution in [3.8, 4) is 0 Å². The van der Waals surface area contributed by atoms with Crippen molar-refractivity contribution in [2.45, 2.75) is 45.4 Å². The van der Waals surface area contributed by atoms with Gasteiger partial charge < -0.3 is 10.4 Å². The molecule has 0 aliphatic rings. The van der Waals surface area contributed by atoms with E-state index in [2.05, 4.69) is 17.5 Å². The highest BCUT2D eigenvalue weighted by Gasteiger charge is 2.13. The molecular formula is C14H24N4O4. The second-order valence-corrected chi connectivity index (χ2v) is 5.00. The topological polar surface area (TPSA) is 120 Å².